The summed E-state index contributed by atoms with van der Waals surface area (Å²) < 4.78 is 18.3. The van der Waals surface area contributed by atoms with Crippen LogP contribution < -0.4 is 5.73 Å². The Morgan fingerprint density at radius 1 is 0.727 bits per heavy atom. The molecule has 0 saturated heterocycles. The monoisotopic (exact) mass is 766 g/mol. The normalized spacial score (nSPS) is 29.9. The van der Waals surface area contributed by atoms with E-state index in [-0.39, 0.29) is 6.04 Å². The Bertz CT molecular complexity index is 1100. The predicted octanol–water partition coefficient (Wildman–Crippen LogP) is 14.1. The van der Waals surface area contributed by atoms with Gasteiger partial charge in [0.1, 0.15) is 0 Å². The molecule has 4 aliphatic carbocycles. The van der Waals surface area contributed by atoms with Crippen LogP contribution in [0.15, 0.2) is 36.0 Å². The van der Waals surface area contributed by atoms with E-state index in [1.165, 1.54) is 141 Å². The molecular weight excluding hydrogens is 675 g/mol. The highest BCUT2D eigenvalue weighted by atomic mass is 16.5. The van der Waals surface area contributed by atoms with Crippen molar-refractivity contribution in [3.63, 3.8) is 0 Å². The molecule has 3 fully saturated rings. The lowest BCUT2D eigenvalue weighted by molar-refractivity contribution is -0.0592. The molecule has 3 saturated carbocycles. The largest absolute Gasteiger partial charge is 0.380 e. The standard InChI is InChI=1S/C51H91NO3/c1-6-7-8-9-10-11-12-13-14-15-16-17-18-19-20-23-36-53-40-45(52)41-54-37-24-25-38-55-46-32-34-51(5)44(39-46)28-30-47-48-31-29-43(27-22-21-26-42(2)3)50(48,4)35-33-49(47)51/h10-11,13-14,28,42-43,45-49H,6-9,12,15-27,29-41,52H2,1-5H3/b11-10-,14-13-/t43-,45+,46-,47-,48?,49?,50+,51-/m0/s1. The lowest BCUT2D eigenvalue weighted by Gasteiger charge is -2.58. The summed E-state index contributed by atoms with van der Waals surface area (Å²) in [6.07, 6.45) is 46.6. The molecule has 2 unspecified atom stereocenters. The summed E-state index contributed by atoms with van der Waals surface area (Å²) in [5, 5.41) is 0. The molecule has 0 radical (unpaired) electrons. The van der Waals surface area contributed by atoms with Gasteiger partial charge < -0.3 is 19.9 Å². The SMILES string of the molecule is CCCCC/C=C\C/C=C\CCCCCCCCOC[C@@H](N)COCCCCO[C@H]1CC[C@@]2(C)C(=CC[C@@H]3C2CC[C@@]2(C)C3CC[C@@H]2CCCCC(C)C)C1. The maximum atomic E-state index is 6.50. The molecule has 8 atom stereocenters. The molecule has 4 aliphatic rings. The average Bonchev–Trinajstić information content (AvgIpc) is 3.51. The summed E-state index contributed by atoms with van der Waals surface area (Å²) in [6.45, 7) is 16.0. The second-order valence-electron chi connectivity index (χ2n) is 19.7. The van der Waals surface area contributed by atoms with Crippen molar-refractivity contribution >= 4 is 0 Å². The third-order valence-corrected chi connectivity index (χ3v) is 15.0. The van der Waals surface area contributed by atoms with E-state index in [1.54, 1.807) is 5.57 Å². The van der Waals surface area contributed by atoms with Crippen molar-refractivity contribution in [1.82, 2.24) is 0 Å². The zero-order valence-electron chi connectivity index (χ0n) is 37.2. The van der Waals surface area contributed by atoms with Crippen LogP contribution in [-0.4, -0.2) is 45.2 Å². The van der Waals surface area contributed by atoms with Crippen LogP contribution in [0.3, 0.4) is 0 Å². The van der Waals surface area contributed by atoms with Crippen LogP contribution in [0.4, 0.5) is 0 Å². The van der Waals surface area contributed by atoms with E-state index in [0.717, 1.165) is 75.1 Å². The van der Waals surface area contributed by atoms with E-state index >= 15 is 0 Å². The van der Waals surface area contributed by atoms with E-state index < -0.39 is 0 Å². The predicted molar refractivity (Wildman–Crippen MR) is 236 cm³/mol. The Kier molecular flexibility index (Phi) is 22.3. The van der Waals surface area contributed by atoms with E-state index in [9.17, 15) is 0 Å². The zero-order chi connectivity index (χ0) is 39.2. The molecule has 0 aromatic carbocycles. The molecule has 0 aromatic rings. The van der Waals surface area contributed by atoms with E-state index in [4.69, 9.17) is 19.9 Å². The number of nitrogens with two attached hydrogens (primary N) is 1. The van der Waals surface area contributed by atoms with Gasteiger partial charge in [-0.25, -0.2) is 0 Å². The molecule has 0 amide bonds. The first-order valence-corrected chi connectivity index (χ1v) is 24.3. The van der Waals surface area contributed by atoms with Crippen molar-refractivity contribution in [2.24, 2.45) is 46.2 Å². The van der Waals surface area contributed by atoms with Crippen LogP contribution in [-0.2, 0) is 14.2 Å². The van der Waals surface area contributed by atoms with Crippen LogP contribution >= 0.6 is 0 Å². The van der Waals surface area contributed by atoms with Gasteiger partial charge >= 0.3 is 0 Å². The molecule has 2 N–H and O–H groups in total. The van der Waals surface area contributed by atoms with Gasteiger partial charge in [0.05, 0.1) is 25.4 Å². The minimum atomic E-state index is -0.0339. The number of rotatable bonds is 30. The number of ether oxygens (including phenoxy) is 3. The quantitative estimate of drug-likeness (QED) is 0.0584. The molecule has 0 heterocycles. The molecule has 0 aliphatic heterocycles. The van der Waals surface area contributed by atoms with Crippen LogP contribution in [0.25, 0.3) is 0 Å². The maximum Gasteiger partial charge on any atom is 0.0640 e. The van der Waals surface area contributed by atoms with Gasteiger partial charge in [0.2, 0.25) is 0 Å². The third-order valence-electron chi connectivity index (χ3n) is 15.0. The van der Waals surface area contributed by atoms with Gasteiger partial charge in [-0.05, 0) is 150 Å². The van der Waals surface area contributed by atoms with Gasteiger partial charge in [-0.1, -0.05) is 128 Å². The molecule has 4 nitrogen and oxygen atoms in total. The fourth-order valence-corrected chi connectivity index (χ4v) is 11.6. The van der Waals surface area contributed by atoms with Crippen molar-refractivity contribution in [3.05, 3.63) is 36.0 Å². The summed E-state index contributed by atoms with van der Waals surface area (Å²) in [5.41, 5.74) is 9.04. The fraction of sp³-hybridized carbons (Fsp3) is 0.882. The Labute approximate surface area is 342 Å². The molecule has 0 spiro atoms. The highest BCUT2D eigenvalue weighted by molar-refractivity contribution is 5.25. The summed E-state index contributed by atoms with van der Waals surface area (Å²) in [7, 11) is 0. The van der Waals surface area contributed by atoms with Gasteiger partial charge in [-0.2, -0.15) is 0 Å². The maximum absolute atomic E-state index is 6.50. The van der Waals surface area contributed by atoms with E-state index in [2.05, 4.69) is 65.0 Å². The van der Waals surface area contributed by atoms with Crippen molar-refractivity contribution in [3.8, 4) is 0 Å². The van der Waals surface area contributed by atoms with Crippen LogP contribution in [0.5, 0.6) is 0 Å². The Morgan fingerprint density at radius 2 is 1.40 bits per heavy atom. The van der Waals surface area contributed by atoms with Crippen LogP contribution in [0.2, 0.25) is 0 Å². The summed E-state index contributed by atoms with van der Waals surface area (Å²) in [4.78, 5) is 0. The first kappa shape index (κ1) is 46.7. The highest BCUT2D eigenvalue weighted by Crippen LogP contribution is 2.66. The van der Waals surface area contributed by atoms with Gasteiger partial charge in [0.25, 0.3) is 0 Å². The van der Waals surface area contributed by atoms with Crippen molar-refractivity contribution in [1.29, 1.82) is 0 Å². The first-order valence-electron chi connectivity index (χ1n) is 24.3. The number of hydrogen-bond donors (Lipinski definition) is 1. The summed E-state index contributed by atoms with van der Waals surface area (Å²) in [5.74, 6) is 4.61. The molecule has 4 heteroatoms. The van der Waals surface area contributed by atoms with Gasteiger partial charge in [0, 0.05) is 19.8 Å². The molecule has 0 bridgehead atoms. The van der Waals surface area contributed by atoms with Gasteiger partial charge in [-0.15, -0.1) is 0 Å². The molecule has 55 heavy (non-hydrogen) atoms. The average molecular weight is 766 g/mol. The third kappa shape index (κ3) is 15.6. The minimum Gasteiger partial charge on any atom is -0.380 e. The Balaban J connectivity index is 0.959. The van der Waals surface area contributed by atoms with Crippen molar-refractivity contribution in [2.45, 2.75) is 214 Å². The number of fused-ring (bicyclic) bond motifs is 5. The smallest absolute Gasteiger partial charge is 0.0640 e. The molecule has 318 valence electrons. The fourth-order valence-electron chi connectivity index (χ4n) is 11.6. The first-order chi connectivity index (χ1) is 26.8. The van der Waals surface area contributed by atoms with Crippen molar-refractivity contribution < 1.29 is 14.2 Å². The summed E-state index contributed by atoms with van der Waals surface area (Å²) >= 11 is 0. The zero-order valence-corrected chi connectivity index (χ0v) is 37.2. The number of allylic oxidation sites excluding steroid dienone is 5. The Hall–Kier alpha value is -0.940. The van der Waals surface area contributed by atoms with E-state index in [1.807, 2.05) is 0 Å². The topological polar surface area (TPSA) is 53.7 Å². The minimum absolute atomic E-state index is 0.0339. The Morgan fingerprint density at radius 3 is 2.13 bits per heavy atom. The molecule has 4 rings (SSSR count). The molecule has 0 aromatic heterocycles. The second kappa shape index (κ2) is 26.2. The molecular formula is C51H91NO3. The lowest BCUT2D eigenvalue weighted by atomic mass is 9.47. The van der Waals surface area contributed by atoms with Gasteiger partial charge in [-0.3, -0.25) is 0 Å². The number of unbranched alkanes of at least 4 members (excludes halogenated alkanes) is 11. The van der Waals surface area contributed by atoms with E-state index in [0.29, 0.717) is 30.1 Å². The van der Waals surface area contributed by atoms with Crippen LogP contribution in [0, 0.1) is 40.4 Å². The van der Waals surface area contributed by atoms with Crippen LogP contribution in [0.1, 0.15) is 202 Å². The van der Waals surface area contributed by atoms with Gasteiger partial charge in [0.15, 0.2) is 0 Å². The number of hydrogen-bond acceptors (Lipinski definition) is 4. The summed E-state index contributed by atoms with van der Waals surface area (Å²) in [6, 6.07) is -0.0339. The second-order valence-corrected chi connectivity index (χ2v) is 19.7. The highest BCUT2D eigenvalue weighted by Gasteiger charge is 2.58. The van der Waals surface area contributed by atoms with Crippen molar-refractivity contribution in [2.75, 3.05) is 33.0 Å². The lowest BCUT2D eigenvalue weighted by Crippen LogP contribution is -2.50.